The number of benzene rings is 1. The van der Waals surface area contributed by atoms with E-state index in [4.69, 9.17) is 26.8 Å². The van der Waals surface area contributed by atoms with Crippen LogP contribution in [0.15, 0.2) is 30.5 Å². The van der Waals surface area contributed by atoms with Crippen molar-refractivity contribution in [3.8, 4) is 11.5 Å². The summed E-state index contributed by atoms with van der Waals surface area (Å²) in [5, 5.41) is 3.13. The Labute approximate surface area is 199 Å². The van der Waals surface area contributed by atoms with Crippen LogP contribution in [0.1, 0.15) is 43.5 Å². The van der Waals surface area contributed by atoms with Gasteiger partial charge in [-0.15, -0.1) is 0 Å². The molecule has 1 aromatic heterocycles. The maximum absolute atomic E-state index is 12.8. The van der Waals surface area contributed by atoms with E-state index in [0.29, 0.717) is 46.8 Å². The van der Waals surface area contributed by atoms with Crippen LogP contribution in [-0.4, -0.2) is 43.6 Å². The van der Waals surface area contributed by atoms with Gasteiger partial charge in [0, 0.05) is 18.7 Å². The number of amides is 2. The average Bonchev–Trinajstić information content (AvgIpc) is 2.80. The molecule has 1 aliphatic heterocycles. The summed E-state index contributed by atoms with van der Waals surface area (Å²) < 4.78 is 11.2. The molecule has 1 atom stereocenters. The molecule has 0 saturated carbocycles. The number of halogens is 1. The largest absolute Gasteiger partial charge is 0.493 e. The van der Waals surface area contributed by atoms with Gasteiger partial charge in [-0.25, -0.2) is 4.98 Å². The van der Waals surface area contributed by atoms with Crippen LogP contribution < -0.4 is 25.4 Å². The minimum atomic E-state index is -0.342. The highest BCUT2D eigenvalue weighted by Gasteiger charge is 2.24. The first-order valence-electron chi connectivity index (χ1n) is 11.1. The number of carbonyl (C=O) groups is 2. The monoisotopic (exact) mass is 474 g/mol. The average molecular weight is 475 g/mol. The number of methoxy groups -OCH3 is 1. The molecular weight excluding hydrogens is 444 g/mol. The molecule has 0 bridgehead atoms. The third-order valence-corrected chi connectivity index (χ3v) is 5.87. The van der Waals surface area contributed by atoms with Gasteiger partial charge in [0.25, 0.3) is 5.91 Å². The van der Waals surface area contributed by atoms with Crippen LogP contribution in [0, 0.1) is 11.8 Å². The van der Waals surface area contributed by atoms with Gasteiger partial charge in [0.05, 0.1) is 36.5 Å². The lowest BCUT2D eigenvalue weighted by atomic mass is 9.97. The van der Waals surface area contributed by atoms with Crippen LogP contribution in [0.3, 0.4) is 0 Å². The van der Waals surface area contributed by atoms with Gasteiger partial charge in [-0.1, -0.05) is 25.4 Å². The van der Waals surface area contributed by atoms with E-state index in [1.54, 1.807) is 24.4 Å². The van der Waals surface area contributed by atoms with Gasteiger partial charge < -0.3 is 25.4 Å². The Balaban J connectivity index is 1.67. The number of nitrogens with zero attached hydrogens (tertiary/aromatic N) is 2. The van der Waals surface area contributed by atoms with Crippen LogP contribution in [-0.2, 0) is 4.79 Å². The molecule has 178 valence electrons. The molecule has 0 aliphatic carbocycles. The molecule has 8 nitrogen and oxygen atoms in total. The van der Waals surface area contributed by atoms with Gasteiger partial charge in [0.15, 0.2) is 11.5 Å². The zero-order chi connectivity index (χ0) is 24.0. The van der Waals surface area contributed by atoms with Crippen molar-refractivity contribution < 1.29 is 19.1 Å². The zero-order valence-electron chi connectivity index (χ0n) is 19.3. The number of anilines is 2. The Morgan fingerprint density at radius 2 is 2.12 bits per heavy atom. The Hall–Kier alpha value is -3.00. The number of hydrogen-bond acceptors (Lipinski definition) is 6. The lowest BCUT2D eigenvalue weighted by Crippen LogP contribution is -2.41. The molecule has 3 N–H and O–H groups in total. The van der Waals surface area contributed by atoms with Crippen molar-refractivity contribution in [2.45, 2.75) is 33.1 Å². The quantitative estimate of drug-likeness (QED) is 0.566. The molecule has 2 aromatic rings. The number of pyridine rings is 1. The number of primary amides is 1. The highest BCUT2D eigenvalue weighted by molar-refractivity contribution is 6.32. The summed E-state index contributed by atoms with van der Waals surface area (Å²) in [6.45, 7) is 6.10. The second-order valence-electron chi connectivity index (χ2n) is 8.57. The summed E-state index contributed by atoms with van der Waals surface area (Å²) in [4.78, 5) is 30.8. The highest BCUT2D eigenvalue weighted by Crippen LogP contribution is 2.37. The fraction of sp³-hybridized carbons (Fsp3) is 0.458. The summed E-state index contributed by atoms with van der Waals surface area (Å²) in [7, 11) is 1.51. The van der Waals surface area contributed by atoms with Crippen molar-refractivity contribution in [1.82, 2.24) is 4.98 Å². The van der Waals surface area contributed by atoms with Crippen LogP contribution in [0.25, 0.3) is 0 Å². The maximum Gasteiger partial charge on any atom is 0.255 e. The molecule has 33 heavy (non-hydrogen) atoms. The van der Waals surface area contributed by atoms with Crippen LogP contribution in [0.4, 0.5) is 11.5 Å². The number of ether oxygens (including phenoxy) is 2. The second kappa shape index (κ2) is 11.2. The number of carbonyl (C=O) groups excluding carboxylic acids is 2. The first kappa shape index (κ1) is 24.6. The topological polar surface area (TPSA) is 107 Å². The van der Waals surface area contributed by atoms with E-state index in [2.05, 4.69) is 24.1 Å². The number of piperidine rings is 1. The Morgan fingerprint density at radius 3 is 2.76 bits per heavy atom. The molecule has 1 aromatic carbocycles. The summed E-state index contributed by atoms with van der Waals surface area (Å²) in [6.07, 6.45) is 4.15. The molecule has 1 unspecified atom stereocenters. The first-order valence-corrected chi connectivity index (χ1v) is 11.5. The molecule has 2 amide bonds. The molecule has 1 saturated heterocycles. The highest BCUT2D eigenvalue weighted by atomic mass is 35.5. The first-order chi connectivity index (χ1) is 15.8. The number of nitrogens with one attached hydrogen (secondary N) is 1. The molecule has 0 radical (unpaired) electrons. The van der Waals surface area contributed by atoms with Gasteiger partial charge in [-0.3, -0.25) is 9.59 Å². The second-order valence-corrected chi connectivity index (χ2v) is 8.97. The minimum Gasteiger partial charge on any atom is -0.493 e. The maximum atomic E-state index is 12.8. The number of rotatable bonds is 9. The van der Waals surface area contributed by atoms with Crippen molar-refractivity contribution in [2.24, 2.45) is 17.6 Å². The summed E-state index contributed by atoms with van der Waals surface area (Å²) in [5.41, 5.74) is 6.34. The van der Waals surface area contributed by atoms with E-state index in [1.807, 2.05) is 11.0 Å². The predicted octanol–water partition coefficient (Wildman–Crippen LogP) is 4.12. The summed E-state index contributed by atoms with van der Waals surface area (Å²) >= 11 is 6.38. The molecule has 1 aliphatic rings. The van der Waals surface area contributed by atoms with Gasteiger partial charge in [-0.05, 0) is 49.4 Å². The fourth-order valence-corrected chi connectivity index (χ4v) is 3.92. The Bertz CT molecular complexity index is 981. The van der Waals surface area contributed by atoms with Crippen molar-refractivity contribution in [3.05, 3.63) is 41.0 Å². The molecule has 3 rings (SSSR count). The standard InChI is InChI=1S/C24H31ClN4O4/c1-15(2)8-10-33-22-19(25)11-17(12-20(22)32-3)24(31)28-18-6-7-21(27-13-18)29-9-4-5-16(14-29)23(26)30/h6-7,11-13,15-16H,4-5,8-10,14H2,1-3H3,(H2,26,30)(H,28,31). The Kier molecular flexibility index (Phi) is 8.38. The normalized spacial score (nSPS) is 15.9. The lowest BCUT2D eigenvalue weighted by molar-refractivity contribution is -0.122. The SMILES string of the molecule is COc1cc(C(=O)Nc2ccc(N3CCCC(C(N)=O)C3)nc2)cc(Cl)c1OCCC(C)C. The number of aromatic nitrogens is 1. The van der Waals surface area contributed by atoms with Crippen molar-refractivity contribution in [2.75, 3.05) is 37.0 Å². The van der Waals surface area contributed by atoms with E-state index in [0.717, 1.165) is 31.6 Å². The molecule has 9 heteroatoms. The predicted molar refractivity (Wildman–Crippen MR) is 129 cm³/mol. The van der Waals surface area contributed by atoms with Gasteiger partial charge in [-0.2, -0.15) is 0 Å². The smallest absolute Gasteiger partial charge is 0.255 e. The fourth-order valence-electron chi connectivity index (χ4n) is 3.66. The molecule has 0 spiro atoms. The minimum absolute atomic E-state index is 0.169. The van der Waals surface area contributed by atoms with E-state index < -0.39 is 0 Å². The van der Waals surface area contributed by atoms with Gasteiger partial charge >= 0.3 is 0 Å². The summed E-state index contributed by atoms with van der Waals surface area (Å²) in [6, 6.07) is 6.75. The van der Waals surface area contributed by atoms with E-state index in [1.165, 1.54) is 7.11 Å². The van der Waals surface area contributed by atoms with Gasteiger partial charge in [0.2, 0.25) is 5.91 Å². The lowest BCUT2D eigenvalue weighted by Gasteiger charge is -2.32. The molecular formula is C24H31ClN4O4. The van der Waals surface area contributed by atoms with E-state index in [-0.39, 0.29) is 17.7 Å². The third kappa shape index (κ3) is 6.51. The van der Waals surface area contributed by atoms with E-state index >= 15 is 0 Å². The molecule has 1 fully saturated rings. The van der Waals surface area contributed by atoms with Crippen molar-refractivity contribution >= 4 is 34.9 Å². The van der Waals surface area contributed by atoms with Gasteiger partial charge in [0.1, 0.15) is 5.82 Å². The summed E-state index contributed by atoms with van der Waals surface area (Å²) in [5.74, 6) is 1.28. The van der Waals surface area contributed by atoms with E-state index in [9.17, 15) is 9.59 Å². The third-order valence-electron chi connectivity index (χ3n) is 5.59. The Morgan fingerprint density at radius 1 is 1.33 bits per heavy atom. The van der Waals surface area contributed by atoms with Crippen LogP contribution >= 0.6 is 11.6 Å². The zero-order valence-corrected chi connectivity index (χ0v) is 20.0. The number of nitrogens with two attached hydrogens (primary N) is 1. The van der Waals surface area contributed by atoms with Crippen LogP contribution in [0.2, 0.25) is 5.02 Å². The molecule has 2 heterocycles. The van der Waals surface area contributed by atoms with Crippen molar-refractivity contribution in [1.29, 1.82) is 0 Å². The van der Waals surface area contributed by atoms with Crippen molar-refractivity contribution in [3.63, 3.8) is 0 Å². The van der Waals surface area contributed by atoms with Crippen LogP contribution in [0.5, 0.6) is 11.5 Å². The number of hydrogen-bond donors (Lipinski definition) is 2.